The summed E-state index contributed by atoms with van der Waals surface area (Å²) in [5, 5.41) is 11.4. The largest absolute Gasteiger partial charge is 0.481 e. The Balaban J connectivity index is 2.24. The first-order chi connectivity index (χ1) is 11.8. The molecule has 1 aromatic carbocycles. The van der Waals surface area contributed by atoms with E-state index >= 15 is 0 Å². The summed E-state index contributed by atoms with van der Waals surface area (Å²) in [7, 11) is 1.36. The van der Waals surface area contributed by atoms with Gasteiger partial charge in [0, 0.05) is 7.11 Å². The van der Waals surface area contributed by atoms with Crippen molar-refractivity contribution in [2.24, 2.45) is 0 Å². The molecule has 0 aliphatic carbocycles. The van der Waals surface area contributed by atoms with Gasteiger partial charge in [-0.15, -0.1) is 0 Å². The summed E-state index contributed by atoms with van der Waals surface area (Å²) < 4.78 is 37.4. The van der Waals surface area contributed by atoms with Crippen molar-refractivity contribution in [2.45, 2.75) is 18.9 Å². The Morgan fingerprint density at radius 3 is 2.56 bits per heavy atom. The molecule has 2 N–H and O–H groups in total. The molecule has 1 unspecified atom stereocenters. The van der Waals surface area contributed by atoms with Crippen LogP contribution in [0.15, 0.2) is 28.9 Å². The van der Waals surface area contributed by atoms with Crippen LogP contribution < -0.4 is 5.32 Å². The van der Waals surface area contributed by atoms with Gasteiger partial charge in [-0.2, -0.15) is 0 Å². The van der Waals surface area contributed by atoms with E-state index in [1.54, 1.807) is 0 Å². The fourth-order valence-corrected chi connectivity index (χ4v) is 2.32. The summed E-state index contributed by atoms with van der Waals surface area (Å²) in [5.41, 5.74) is -1.93. The van der Waals surface area contributed by atoms with E-state index in [1.807, 2.05) is 0 Å². The topological polar surface area (TPSA) is 102 Å². The van der Waals surface area contributed by atoms with Gasteiger partial charge in [0.15, 0.2) is 5.69 Å². The molecule has 0 bridgehead atoms. The number of hydrogen-bond acceptors (Lipinski definition) is 5. The third kappa shape index (κ3) is 4.38. The Morgan fingerprint density at radius 1 is 1.36 bits per heavy atom. The Kier molecular flexibility index (Phi) is 5.48. The summed E-state index contributed by atoms with van der Waals surface area (Å²) >= 11 is 0. The lowest BCUT2D eigenvalue weighted by Gasteiger charge is -2.27. The first kappa shape index (κ1) is 18.5. The SMILES string of the molecule is COCC(C)(CC(=O)O)NC(=O)c1coc(-c2c(F)cccc2F)n1. The third-order valence-corrected chi connectivity index (χ3v) is 3.33. The molecular weight excluding hydrogens is 338 g/mol. The van der Waals surface area contributed by atoms with Crippen molar-refractivity contribution in [3.05, 3.63) is 41.8 Å². The van der Waals surface area contributed by atoms with Gasteiger partial charge in [-0.05, 0) is 19.1 Å². The Morgan fingerprint density at radius 2 is 2.00 bits per heavy atom. The van der Waals surface area contributed by atoms with Crippen molar-refractivity contribution in [3.63, 3.8) is 0 Å². The van der Waals surface area contributed by atoms with Gasteiger partial charge < -0.3 is 19.6 Å². The quantitative estimate of drug-likeness (QED) is 0.791. The molecule has 7 nitrogen and oxygen atoms in total. The van der Waals surface area contributed by atoms with Crippen LogP contribution in [-0.2, 0) is 9.53 Å². The van der Waals surface area contributed by atoms with Crippen molar-refractivity contribution >= 4 is 11.9 Å². The average Bonchev–Trinajstić information content (AvgIpc) is 2.95. The number of aromatic nitrogens is 1. The Hall–Kier alpha value is -2.81. The molecule has 0 saturated heterocycles. The van der Waals surface area contributed by atoms with E-state index in [4.69, 9.17) is 14.3 Å². The van der Waals surface area contributed by atoms with Gasteiger partial charge in [0.05, 0.1) is 18.6 Å². The summed E-state index contributed by atoms with van der Waals surface area (Å²) in [4.78, 5) is 27.0. The Bertz CT molecular complexity index is 772. The number of carbonyl (C=O) groups is 2. The van der Waals surface area contributed by atoms with E-state index in [-0.39, 0.29) is 18.7 Å². The number of halogens is 2. The number of hydrogen-bond donors (Lipinski definition) is 2. The summed E-state index contributed by atoms with van der Waals surface area (Å²) in [5.74, 6) is -4.05. The standard InChI is InChI=1S/C16H16F2N2O5/c1-16(8-24-2,6-12(21)22)20-14(23)11-7-25-15(19-11)13-9(17)4-3-5-10(13)18/h3-5,7H,6,8H2,1-2H3,(H,20,23)(H,21,22). The number of carbonyl (C=O) groups excluding carboxylic acids is 1. The van der Waals surface area contributed by atoms with Crippen LogP contribution in [-0.4, -0.2) is 41.2 Å². The van der Waals surface area contributed by atoms with Crippen LogP contribution in [0.1, 0.15) is 23.8 Å². The smallest absolute Gasteiger partial charge is 0.305 e. The van der Waals surface area contributed by atoms with Crippen LogP contribution in [0.3, 0.4) is 0 Å². The zero-order valence-corrected chi connectivity index (χ0v) is 13.5. The van der Waals surface area contributed by atoms with Crippen LogP contribution in [0, 0.1) is 11.6 Å². The predicted molar refractivity (Wildman–Crippen MR) is 81.9 cm³/mol. The first-order valence-electron chi connectivity index (χ1n) is 7.19. The molecule has 9 heteroatoms. The van der Waals surface area contributed by atoms with Crippen molar-refractivity contribution in [2.75, 3.05) is 13.7 Å². The molecule has 25 heavy (non-hydrogen) atoms. The third-order valence-electron chi connectivity index (χ3n) is 3.33. The number of oxazole rings is 1. The molecule has 134 valence electrons. The number of nitrogens with zero attached hydrogens (tertiary/aromatic N) is 1. The molecule has 0 aliphatic heterocycles. The first-order valence-corrected chi connectivity index (χ1v) is 7.19. The number of methoxy groups -OCH3 is 1. The number of carboxylic acids is 1. The van der Waals surface area contributed by atoms with E-state index in [0.717, 1.165) is 18.4 Å². The highest BCUT2D eigenvalue weighted by Gasteiger charge is 2.31. The lowest BCUT2D eigenvalue weighted by molar-refractivity contribution is -0.139. The van der Waals surface area contributed by atoms with Gasteiger partial charge in [0.2, 0.25) is 5.89 Å². The molecule has 1 atom stereocenters. The van der Waals surface area contributed by atoms with Gasteiger partial charge >= 0.3 is 5.97 Å². The number of benzene rings is 1. The second kappa shape index (κ2) is 7.39. The molecule has 1 amide bonds. The fraction of sp³-hybridized carbons (Fsp3) is 0.312. The second-order valence-corrected chi connectivity index (χ2v) is 5.65. The molecule has 0 saturated carbocycles. The van der Waals surface area contributed by atoms with Gasteiger partial charge in [0.1, 0.15) is 23.5 Å². The lowest BCUT2D eigenvalue weighted by Crippen LogP contribution is -2.50. The van der Waals surface area contributed by atoms with Gasteiger partial charge in [-0.1, -0.05) is 6.07 Å². The highest BCUT2D eigenvalue weighted by Crippen LogP contribution is 2.25. The molecule has 2 aromatic rings. The summed E-state index contributed by atoms with van der Waals surface area (Å²) in [6.07, 6.45) is 0.545. The molecule has 0 radical (unpaired) electrons. The lowest BCUT2D eigenvalue weighted by atomic mass is 9.99. The maximum Gasteiger partial charge on any atom is 0.305 e. The van der Waals surface area contributed by atoms with Gasteiger partial charge in [0.25, 0.3) is 5.91 Å². The van der Waals surface area contributed by atoms with Crippen molar-refractivity contribution in [1.29, 1.82) is 0 Å². The van der Waals surface area contributed by atoms with E-state index in [9.17, 15) is 18.4 Å². The van der Waals surface area contributed by atoms with Gasteiger partial charge in [-0.25, -0.2) is 13.8 Å². The molecule has 1 heterocycles. The fourth-order valence-electron chi connectivity index (χ4n) is 2.32. The minimum atomic E-state index is -1.19. The zero-order valence-electron chi connectivity index (χ0n) is 13.5. The van der Waals surface area contributed by atoms with E-state index in [0.29, 0.717) is 0 Å². The predicted octanol–water partition coefficient (Wildman–Crippen LogP) is 2.23. The average molecular weight is 354 g/mol. The molecule has 1 aromatic heterocycles. The normalized spacial score (nSPS) is 13.3. The van der Waals surface area contributed by atoms with Crippen LogP contribution in [0.4, 0.5) is 8.78 Å². The van der Waals surface area contributed by atoms with Crippen LogP contribution >= 0.6 is 0 Å². The highest BCUT2D eigenvalue weighted by molar-refractivity contribution is 5.93. The summed E-state index contributed by atoms with van der Waals surface area (Å²) in [6.45, 7) is 1.43. The second-order valence-electron chi connectivity index (χ2n) is 5.65. The molecule has 0 fully saturated rings. The van der Waals surface area contributed by atoms with E-state index in [1.165, 1.54) is 20.1 Å². The van der Waals surface area contributed by atoms with Crippen molar-refractivity contribution in [3.8, 4) is 11.5 Å². The van der Waals surface area contributed by atoms with Gasteiger partial charge in [-0.3, -0.25) is 9.59 Å². The Labute approximate surface area is 141 Å². The summed E-state index contributed by atoms with van der Waals surface area (Å²) in [6, 6.07) is 3.25. The number of rotatable bonds is 7. The van der Waals surface area contributed by atoms with Crippen molar-refractivity contribution < 1.29 is 32.6 Å². The number of aliphatic carboxylic acids is 1. The van der Waals surface area contributed by atoms with Crippen molar-refractivity contribution in [1.82, 2.24) is 10.3 Å². The minimum Gasteiger partial charge on any atom is -0.481 e. The van der Waals surface area contributed by atoms with Crippen LogP contribution in [0.25, 0.3) is 11.5 Å². The maximum atomic E-state index is 13.7. The van der Waals surface area contributed by atoms with E-state index in [2.05, 4.69) is 10.3 Å². The number of carboxylic acid groups (broad SMARTS) is 1. The number of amides is 1. The minimum absolute atomic E-state index is 0.0578. The maximum absolute atomic E-state index is 13.7. The highest BCUT2D eigenvalue weighted by atomic mass is 19.1. The number of nitrogens with one attached hydrogen (secondary N) is 1. The molecular formula is C16H16F2N2O5. The molecule has 0 spiro atoms. The molecule has 0 aliphatic rings. The van der Waals surface area contributed by atoms with E-state index < -0.39 is 40.5 Å². The monoisotopic (exact) mass is 354 g/mol. The van der Waals surface area contributed by atoms with Crippen LogP contribution in [0.5, 0.6) is 0 Å². The zero-order chi connectivity index (χ0) is 18.6. The van der Waals surface area contributed by atoms with Crippen LogP contribution in [0.2, 0.25) is 0 Å². The number of ether oxygens (including phenoxy) is 1. The molecule has 2 rings (SSSR count).